The molecule has 0 aromatic heterocycles. The van der Waals surface area contributed by atoms with Gasteiger partial charge in [-0.25, -0.2) is 4.79 Å². The van der Waals surface area contributed by atoms with E-state index in [4.69, 9.17) is 14.2 Å². The van der Waals surface area contributed by atoms with Crippen LogP contribution in [0.1, 0.15) is 20.8 Å². The van der Waals surface area contributed by atoms with E-state index in [9.17, 15) is 4.79 Å². The number of carbonyl (C=O) groups is 1. The minimum atomic E-state index is -0.471. The topological polar surface area (TPSA) is 48.0 Å². The Morgan fingerprint density at radius 3 is 2.76 bits per heavy atom. The van der Waals surface area contributed by atoms with Gasteiger partial charge in [0, 0.05) is 13.7 Å². The van der Waals surface area contributed by atoms with Gasteiger partial charge in [-0.15, -0.1) is 0 Å². The predicted octanol–water partition coefficient (Wildman–Crippen LogP) is 1.78. The van der Waals surface area contributed by atoms with Crippen LogP contribution in [-0.4, -0.2) is 49.7 Å². The van der Waals surface area contributed by atoms with Crippen molar-refractivity contribution in [2.75, 3.05) is 27.0 Å². The zero-order valence-electron chi connectivity index (χ0n) is 10.9. The first-order chi connectivity index (χ1) is 7.92. The standard InChI is InChI=1S/C12H21NO4/c1-12(2,3)17-11(14)13-7-5-6-10(8-13)16-9-15-4/h5-6,10H,7-9H2,1-4H3/t10-/m0/s1. The average molecular weight is 243 g/mol. The summed E-state index contributed by atoms with van der Waals surface area (Å²) in [6.45, 7) is 6.82. The van der Waals surface area contributed by atoms with Crippen molar-refractivity contribution < 1.29 is 19.0 Å². The van der Waals surface area contributed by atoms with E-state index in [-0.39, 0.29) is 19.0 Å². The smallest absolute Gasteiger partial charge is 0.410 e. The number of amides is 1. The average Bonchev–Trinajstić information content (AvgIpc) is 2.24. The highest BCUT2D eigenvalue weighted by Crippen LogP contribution is 2.13. The molecule has 17 heavy (non-hydrogen) atoms. The minimum absolute atomic E-state index is 0.129. The first kappa shape index (κ1) is 14.0. The molecule has 5 heteroatoms. The van der Waals surface area contributed by atoms with Gasteiger partial charge in [0.2, 0.25) is 0 Å². The lowest BCUT2D eigenvalue weighted by molar-refractivity contribution is -0.0666. The van der Waals surface area contributed by atoms with Crippen molar-refractivity contribution in [1.29, 1.82) is 0 Å². The maximum Gasteiger partial charge on any atom is 0.410 e. The highest BCUT2D eigenvalue weighted by Gasteiger charge is 2.25. The van der Waals surface area contributed by atoms with Crippen molar-refractivity contribution in [3.05, 3.63) is 12.2 Å². The summed E-state index contributed by atoms with van der Waals surface area (Å²) in [4.78, 5) is 13.4. The van der Waals surface area contributed by atoms with Crippen LogP contribution < -0.4 is 0 Å². The van der Waals surface area contributed by atoms with Gasteiger partial charge in [-0.3, -0.25) is 0 Å². The molecule has 5 nitrogen and oxygen atoms in total. The van der Waals surface area contributed by atoms with Crippen LogP contribution in [0.4, 0.5) is 4.79 Å². The third kappa shape index (κ3) is 5.19. The summed E-state index contributed by atoms with van der Waals surface area (Å²) in [5, 5.41) is 0. The van der Waals surface area contributed by atoms with E-state index in [1.54, 1.807) is 12.0 Å². The minimum Gasteiger partial charge on any atom is -0.444 e. The van der Waals surface area contributed by atoms with Gasteiger partial charge in [0.15, 0.2) is 0 Å². The summed E-state index contributed by atoms with van der Waals surface area (Å²) >= 11 is 0. The van der Waals surface area contributed by atoms with Gasteiger partial charge >= 0.3 is 6.09 Å². The molecule has 1 aliphatic rings. The first-order valence-electron chi connectivity index (χ1n) is 5.67. The second-order valence-corrected chi connectivity index (χ2v) is 4.93. The highest BCUT2D eigenvalue weighted by atomic mass is 16.7. The number of nitrogens with zero attached hydrogens (tertiary/aromatic N) is 1. The Kier molecular flexibility index (Phi) is 4.96. The van der Waals surface area contributed by atoms with E-state index in [0.29, 0.717) is 13.1 Å². The number of hydrogen-bond acceptors (Lipinski definition) is 4. The Balaban J connectivity index is 2.45. The number of ether oxygens (including phenoxy) is 3. The van der Waals surface area contributed by atoms with E-state index < -0.39 is 5.60 Å². The van der Waals surface area contributed by atoms with Crippen LogP contribution in [0.2, 0.25) is 0 Å². The molecule has 1 amide bonds. The molecule has 0 fully saturated rings. The van der Waals surface area contributed by atoms with Crippen molar-refractivity contribution in [2.24, 2.45) is 0 Å². The van der Waals surface area contributed by atoms with Gasteiger partial charge in [-0.1, -0.05) is 12.2 Å². The quantitative estimate of drug-likeness (QED) is 0.560. The molecule has 1 heterocycles. The lowest BCUT2D eigenvalue weighted by Crippen LogP contribution is -2.43. The summed E-state index contributed by atoms with van der Waals surface area (Å²) in [6, 6.07) is 0. The van der Waals surface area contributed by atoms with Crippen molar-refractivity contribution >= 4 is 6.09 Å². The summed E-state index contributed by atoms with van der Waals surface area (Å²) in [5.74, 6) is 0. The van der Waals surface area contributed by atoms with Gasteiger partial charge in [-0.2, -0.15) is 0 Å². The summed E-state index contributed by atoms with van der Waals surface area (Å²) in [6.07, 6.45) is 3.39. The molecular formula is C12H21NO4. The Labute approximate surface area is 102 Å². The Morgan fingerprint density at radius 1 is 1.47 bits per heavy atom. The fraction of sp³-hybridized carbons (Fsp3) is 0.750. The molecule has 0 saturated heterocycles. The molecule has 1 aliphatic heterocycles. The van der Waals surface area contributed by atoms with Gasteiger partial charge in [0.1, 0.15) is 12.4 Å². The predicted molar refractivity (Wildman–Crippen MR) is 63.7 cm³/mol. The fourth-order valence-corrected chi connectivity index (χ4v) is 1.43. The maximum absolute atomic E-state index is 11.8. The number of hydrogen-bond donors (Lipinski definition) is 0. The van der Waals surface area contributed by atoms with Crippen molar-refractivity contribution in [2.45, 2.75) is 32.5 Å². The second kappa shape index (κ2) is 6.02. The molecule has 98 valence electrons. The zero-order chi connectivity index (χ0) is 12.9. The normalized spacial score (nSPS) is 20.5. The molecule has 0 N–H and O–H groups in total. The second-order valence-electron chi connectivity index (χ2n) is 4.93. The Hall–Kier alpha value is -1.07. The van der Waals surface area contributed by atoms with Crippen LogP contribution in [0, 0.1) is 0 Å². The van der Waals surface area contributed by atoms with Crippen LogP contribution in [-0.2, 0) is 14.2 Å². The van der Waals surface area contributed by atoms with E-state index in [1.165, 1.54) is 0 Å². The zero-order valence-corrected chi connectivity index (χ0v) is 10.9. The molecule has 0 spiro atoms. The number of methoxy groups -OCH3 is 1. The van der Waals surface area contributed by atoms with Crippen molar-refractivity contribution in [1.82, 2.24) is 4.90 Å². The Bertz CT molecular complexity index is 283. The fourth-order valence-electron chi connectivity index (χ4n) is 1.43. The molecule has 0 aromatic rings. The van der Waals surface area contributed by atoms with Gasteiger partial charge < -0.3 is 19.1 Å². The molecule has 0 unspecified atom stereocenters. The summed E-state index contributed by atoms with van der Waals surface area (Å²) in [5.41, 5.74) is -0.471. The first-order valence-corrected chi connectivity index (χ1v) is 5.67. The van der Waals surface area contributed by atoms with Crippen LogP contribution in [0.5, 0.6) is 0 Å². The van der Waals surface area contributed by atoms with Gasteiger partial charge in [-0.05, 0) is 20.8 Å². The molecule has 1 atom stereocenters. The van der Waals surface area contributed by atoms with Gasteiger partial charge in [0.25, 0.3) is 0 Å². The van der Waals surface area contributed by atoms with Crippen LogP contribution in [0.15, 0.2) is 12.2 Å². The molecule has 0 aliphatic carbocycles. The van der Waals surface area contributed by atoms with Crippen molar-refractivity contribution in [3.63, 3.8) is 0 Å². The SMILES string of the molecule is COCO[C@H]1C=CCN(C(=O)OC(C)(C)C)C1. The molecule has 0 radical (unpaired) electrons. The molecule has 0 aromatic carbocycles. The van der Waals surface area contributed by atoms with E-state index in [1.807, 2.05) is 32.9 Å². The lowest BCUT2D eigenvalue weighted by Gasteiger charge is -2.30. The monoisotopic (exact) mass is 243 g/mol. The molecule has 0 bridgehead atoms. The molecule has 1 rings (SSSR count). The van der Waals surface area contributed by atoms with Crippen LogP contribution >= 0.6 is 0 Å². The van der Waals surface area contributed by atoms with Crippen LogP contribution in [0.25, 0.3) is 0 Å². The van der Waals surface area contributed by atoms with Gasteiger partial charge in [0.05, 0.1) is 12.6 Å². The van der Waals surface area contributed by atoms with Crippen LogP contribution in [0.3, 0.4) is 0 Å². The summed E-state index contributed by atoms with van der Waals surface area (Å²) < 4.78 is 15.5. The number of rotatable bonds is 3. The maximum atomic E-state index is 11.8. The third-order valence-corrected chi connectivity index (χ3v) is 2.13. The number of carbonyl (C=O) groups excluding carboxylic acids is 1. The largest absolute Gasteiger partial charge is 0.444 e. The Morgan fingerprint density at radius 2 is 2.18 bits per heavy atom. The van der Waals surface area contributed by atoms with E-state index in [2.05, 4.69) is 0 Å². The lowest BCUT2D eigenvalue weighted by atomic mass is 10.2. The molecular weight excluding hydrogens is 222 g/mol. The molecule has 0 saturated carbocycles. The van der Waals surface area contributed by atoms with E-state index in [0.717, 1.165) is 0 Å². The summed E-state index contributed by atoms with van der Waals surface area (Å²) in [7, 11) is 1.57. The highest BCUT2D eigenvalue weighted by molar-refractivity contribution is 5.68. The van der Waals surface area contributed by atoms with E-state index >= 15 is 0 Å². The third-order valence-electron chi connectivity index (χ3n) is 2.13. The van der Waals surface area contributed by atoms with Crippen molar-refractivity contribution in [3.8, 4) is 0 Å².